The molecule has 0 bridgehead atoms. The SMILES string of the molecule is CCCCc1nc2c(N)nc3ccccc3c2n1CCCCNC(=O)NCc1ccc(OC)cc1.[HH].[HH]. The molecule has 188 valence electrons. The molecule has 4 rings (SSSR count). The molecule has 8 nitrogen and oxygen atoms in total. The lowest BCUT2D eigenvalue weighted by Crippen LogP contribution is -2.35. The number of amides is 2. The van der Waals surface area contributed by atoms with Crippen molar-refractivity contribution in [2.45, 2.75) is 52.1 Å². The summed E-state index contributed by atoms with van der Waals surface area (Å²) in [5.41, 5.74) is 10.0. The van der Waals surface area contributed by atoms with E-state index >= 15 is 0 Å². The Morgan fingerprint density at radius 3 is 2.63 bits per heavy atom. The van der Waals surface area contributed by atoms with Crippen LogP contribution in [0, 0.1) is 0 Å². The first-order valence-electron chi connectivity index (χ1n) is 12.3. The van der Waals surface area contributed by atoms with E-state index in [1.54, 1.807) is 7.11 Å². The molecule has 2 heterocycles. The van der Waals surface area contributed by atoms with Crippen molar-refractivity contribution in [3.8, 4) is 5.75 Å². The van der Waals surface area contributed by atoms with Crippen LogP contribution in [0.15, 0.2) is 48.5 Å². The molecule has 0 aliphatic carbocycles. The molecule has 0 atom stereocenters. The molecule has 2 aromatic carbocycles. The van der Waals surface area contributed by atoms with Crippen molar-refractivity contribution in [3.05, 3.63) is 59.9 Å². The summed E-state index contributed by atoms with van der Waals surface area (Å²) in [4.78, 5) is 21.6. The van der Waals surface area contributed by atoms with Gasteiger partial charge in [0.1, 0.15) is 17.1 Å². The van der Waals surface area contributed by atoms with Crippen LogP contribution in [0.5, 0.6) is 5.75 Å². The van der Waals surface area contributed by atoms with Gasteiger partial charge in [-0.25, -0.2) is 14.8 Å². The second-order valence-corrected chi connectivity index (χ2v) is 8.66. The van der Waals surface area contributed by atoms with Gasteiger partial charge >= 0.3 is 6.03 Å². The number of aryl methyl sites for hydroxylation is 2. The monoisotopic (exact) mass is 478 g/mol. The maximum absolute atomic E-state index is 12.2. The van der Waals surface area contributed by atoms with Gasteiger partial charge in [0.15, 0.2) is 5.82 Å². The number of aromatic nitrogens is 3. The fourth-order valence-corrected chi connectivity index (χ4v) is 4.26. The number of nitrogen functional groups attached to an aromatic ring is 1. The number of urea groups is 1. The second-order valence-electron chi connectivity index (χ2n) is 8.66. The summed E-state index contributed by atoms with van der Waals surface area (Å²) in [5, 5.41) is 6.92. The summed E-state index contributed by atoms with van der Waals surface area (Å²) in [7, 11) is 1.64. The maximum Gasteiger partial charge on any atom is 0.315 e. The number of benzene rings is 2. The Balaban J connectivity index is 0.00000241. The van der Waals surface area contributed by atoms with Crippen molar-refractivity contribution in [1.82, 2.24) is 25.2 Å². The van der Waals surface area contributed by atoms with Gasteiger partial charge in [0.2, 0.25) is 0 Å². The molecule has 0 saturated carbocycles. The minimum atomic E-state index is -0.164. The molecule has 0 saturated heterocycles. The number of hydrogen-bond acceptors (Lipinski definition) is 5. The van der Waals surface area contributed by atoms with Crippen LogP contribution in [0.1, 0.15) is 46.8 Å². The standard InChI is InChI=1S/C27H34N6O2.2H2/c1-3-4-11-23-32-24-25(21-9-5-6-10-22(21)31-26(24)28)33(23)17-8-7-16-29-27(34)30-18-19-12-14-20(35-2)15-13-19;;/h5-6,9-10,12-15H,3-4,7-8,11,16-18H2,1-2H3,(H2,28,31)(H2,29,30,34);2*1H. The number of unbranched alkanes of at least 4 members (excludes halogenated alkanes) is 2. The highest BCUT2D eigenvalue weighted by Gasteiger charge is 2.16. The van der Waals surface area contributed by atoms with Crippen molar-refractivity contribution in [2.24, 2.45) is 0 Å². The van der Waals surface area contributed by atoms with E-state index < -0.39 is 0 Å². The first kappa shape index (κ1) is 24.3. The molecule has 4 aromatic rings. The highest BCUT2D eigenvalue weighted by molar-refractivity contribution is 6.06. The molecule has 35 heavy (non-hydrogen) atoms. The third-order valence-corrected chi connectivity index (χ3v) is 6.15. The van der Waals surface area contributed by atoms with Gasteiger partial charge in [-0.1, -0.05) is 43.7 Å². The molecule has 8 heteroatoms. The first-order valence-corrected chi connectivity index (χ1v) is 12.3. The van der Waals surface area contributed by atoms with Crippen LogP contribution < -0.4 is 21.1 Å². The molecule has 0 aliphatic rings. The Morgan fingerprint density at radius 2 is 1.86 bits per heavy atom. The van der Waals surface area contributed by atoms with Crippen LogP contribution in [-0.4, -0.2) is 34.2 Å². The number of methoxy groups -OCH3 is 1. The number of carbonyl (C=O) groups excluding carboxylic acids is 1. The Bertz CT molecular complexity index is 1290. The topological polar surface area (TPSA) is 107 Å². The molecule has 0 radical (unpaired) electrons. The quantitative estimate of drug-likeness (QED) is 0.254. The number of nitrogens with two attached hydrogens (primary N) is 1. The number of ether oxygens (including phenoxy) is 1. The summed E-state index contributed by atoms with van der Waals surface area (Å²) in [5.74, 6) is 2.33. The van der Waals surface area contributed by atoms with E-state index in [1.807, 2.05) is 42.5 Å². The van der Waals surface area contributed by atoms with E-state index in [9.17, 15) is 4.79 Å². The molecule has 0 spiro atoms. The van der Waals surface area contributed by atoms with Crippen LogP contribution in [-0.2, 0) is 19.5 Å². The molecule has 0 unspecified atom stereocenters. The van der Waals surface area contributed by atoms with E-state index in [4.69, 9.17) is 15.5 Å². The van der Waals surface area contributed by atoms with Crippen molar-refractivity contribution in [3.63, 3.8) is 0 Å². The number of anilines is 1. The number of nitrogens with zero attached hydrogens (tertiary/aromatic N) is 3. The van der Waals surface area contributed by atoms with Crippen molar-refractivity contribution < 1.29 is 12.4 Å². The van der Waals surface area contributed by atoms with Gasteiger partial charge in [-0.15, -0.1) is 0 Å². The number of para-hydroxylation sites is 1. The zero-order chi connectivity index (χ0) is 24.6. The second kappa shape index (κ2) is 11.6. The largest absolute Gasteiger partial charge is 0.497 e. The summed E-state index contributed by atoms with van der Waals surface area (Å²) in [6, 6.07) is 15.6. The lowest BCUT2D eigenvalue weighted by atomic mass is 10.2. The van der Waals surface area contributed by atoms with Gasteiger partial charge in [-0.2, -0.15) is 0 Å². The number of imidazole rings is 1. The van der Waals surface area contributed by atoms with Crippen LogP contribution in [0.25, 0.3) is 21.9 Å². The number of hydrogen-bond donors (Lipinski definition) is 3. The fourth-order valence-electron chi connectivity index (χ4n) is 4.26. The Kier molecular flexibility index (Phi) is 8.03. The van der Waals surface area contributed by atoms with Crippen LogP contribution in [0.2, 0.25) is 0 Å². The Morgan fingerprint density at radius 1 is 1.06 bits per heavy atom. The molecular formula is C27H38N6O2. The Labute approximate surface area is 208 Å². The van der Waals surface area contributed by atoms with Crippen LogP contribution in [0.3, 0.4) is 0 Å². The van der Waals surface area contributed by atoms with Gasteiger partial charge in [0.05, 0.1) is 18.1 Å². The van der Waals surface area contributed by atoms with Crippen molar-refractivity contribution in [2.75, 3.05) is 19.4 Å². The van der Waals surface area contributed by atoms with Crippen LogP contribution in [0.4, 0.5) is 10.6 Å². The van der Waals surface area contributed by atoms with E-state index in [-0.39, 0.29) is 8.88 Å². The normalized spacial score (nSPS) is 11.1. The first-order chi connectivity index (χ1) is 17.1. The third-order valence-electron chi connectivity index (χ3n) is 6.15. The molecule has 2 amide bonds. The van der Waals surface area contributed by atoms with E-state index in [1.165, 1.54) is 0 Å². The lowest BCUT2D eigenvalue weighted by molar-refractivity contribution is 0.240. The number of rotatable bonds is 11. The van der Waals surface area contributed by atoms with Gasteiger partial charge in [-0.05, 0) is 43.0 Å². The Hall–Kier alpha value is -3.81. The zero-order valence-electron chi connectivity index (χ0n) is 20.5. The van der Waals surface area contributed by atoms with Gasteiger partial charge in [0, 0.05) is 34.3 Å². The number of fused-ring (bicyclic) bond motifs is 3. The fraction of sp³-hybridized carbons (Fsp3) is 0.370. The minimum absolute atomic E-state index is 0. The van der Waals surface area contributed by atoms with Gasteiger partial charge < -0.3 is 25.7 Å². The summed E-state index contributed by atoms with van der Waals surface area (Å²) < 4.78 is 7.46. The maximum atomic E-state index is 12.2. The highest BCUT2D eigenvalue weighted by atomic mass is 16.5. The molecule has 4 N–H and O–H groups in total. The average molecular weight is 479 g/mol. The summed E-state index contributed by atoms with van der Waals surface area (Å²) in [6.45, 7) is 4.08. The molecule has 0 aliphatic heterocycles. The average Bonchev–Trinajstić information content (AvgIpc) is 3.25. The number of carbonyl (C=O) groups is 1. The highest BCUT2D eigenvalue weighted by Crippen LogP contribution is 2.29. The van der Waals surface area contributed by atoms with Crippen molar-refractivity contribution in [1.29, 1.82) is 0 Å². The summed E-state index contributed by atoms with van der Waals surface area (Å²) >= 11 is 0. The predicted molar refractivity (Wildman–Crippen MR) is 145 cm³/mol. The lowest BCUT2D eigenvalue weighted by Gasteiger charge is -2.12. The predicted octanol–water partition coefficient (Wildman–Crippen LogP) is 5.29. The van der Waals surface area contributed by atoms with Crippen molar-refractivity contribution >= 4 is 33.8 Å². The minimum Gasteiger partial charge on any atom is -0.497 e. The molecule has 0 fully saturated rings. The third kappa shape index (κ3) is 5.82. The molecule has 2 aromatic heterocycles. The molecular weight excluding hydrogens is 440 g/mol. The number of pyridine rings is 1. The van der Waals surface area contributed by atoms with Gasteiger partial charge in [-0.3, -0.25) is 0 Å². The smallest absolute Gasteiger partial charge is 0.315 e. The van der Waals surface area contributed by atoms with Crippen LogP contribution >= 0.6 is 0 Å². The number of nitrogens with one attached hydrogen (secondary N) is 2. The summed E-state index contributed by atoms with van der Waals surface area (Å²) in [6.07, 6.45) is 4.87. The van der Waals surface area contributed by atoms with Gasteiger partial charge in [0.25, 0.3) is 0 Å². The zero-order valence-corrected chi connectivity index (χ0v) is 20.5. The van der Waals surface area contributed by atoms with E-state index in [0.29, 0.717) is 18.9 Å². The van der Waals surface area contributed by atoms with E-state index in [2.05, 4.69) is 33.2 Å². The van der Waals surface area contributed by atoms with E-state index in [0.717, 1.165) is 77.7 Å².